The van der Waals surface area contributed by atoms with E-state index in [0.29, 0.717) is 12.3 Å². The molecule has 0 aliphatic heterocycles. The summed E-state index contributed by atoms with van der Waals surface area (Å²) in [4.78, 5) is 14.3. The van der Waals surface area contributed by atoms with E-state index in [1.54, 1.807) is 23.9 Å². The number of hydrogen-bond acceptors (Lipinski definition) is 5. The summed E-state index contributed by atoms with van der Waals surface area (Å²) in [7, 11) is 0. The smallest absolute Gasteiger partial charge is 0.410 e. The van der Waals surface area contributed by atoms with Crippen molar-refractivity contribution in [1.29, 1.82) is 0 Å². The Morgan fingerprint density at radius 3 is 2.60 bits per heavy atom. The zero-order valence-electron chi connectivity index (χ0n) is 16.8. The van der Waals surface area contributed by atoms with Crippen LogP contribution in [0.1, 0.15) is 31.2 Å². The van der Waals surface area contributed by atoms with Gasteiger partial charge in [-0.15, -0.1) is 10.2 Å². The predicted octanol–water partition coefficient (Wildman–Crippen LogP) is 5.29. The van der Waals surface area contributed by atoms with Crippen LogP contribution in [0, 0.1) is 0 Å². The zero-order valence-corrected chi connectivity index (χ0v) is 17.6. The second kappa shape index (κ2) is 9.00. The standard InChI is InChI=1S/C23H22N4O2S/c1-16(2)22-26-25-21-13-12-19(15-27(21)22)30-20-11-7-6-8-17(20)14-24-23(28)29-18-9-4-3-5-10-18/h3-13,15-16H,14H2,1-2H3,(H,24,28). The van der Waals surface area contributed by atoms with Crippen LogP contribution in [-0.2, 0) is 6.54 Å². The van der Waals surface area contributed by atoms with E-state index in [1.165, 1.54) is 0 Å². The first kappa shape index (κ1) is 20.0. The number of para-hydroxylation sites is 1. The third kappa shape index (κ3) is 4.63. The number of carbonyl (C=O) groups is 1. The Morgan fingerprint density at radius 2 is 1.80 bits per heavy atom. The number of benzene rings is 2. The van der Waals surface area contributed by atoms with Crippen molar-refractivity contribution >= 4 is 23.5 Å². The molecule has 0 saturated heterocycles. The number of amides is 1. The van der Waals surface area contributed by atoms with Crippen molar-refractivity contribution in [2.24, 2.45) is 0 Å². The van der Waals surface area contributed by atoms with E-state index in [4.69, 9.17) is 4.74 Å². The highest BCUT2D eigenvalue weighted by molar-refractivity contribution is 7.99. The van der Waals surface area contributed by atoms with Gasteiger partial charge in [-0.1, -0.05) is 62.0 Å². The molecule has 0 aliphatic carbocycles. The van der Waals surface area contributed by atoms with Gasteiger partial charge in [0.05, 0.1) is 0 Å². The summed E-state index contributed by atoms with van der Waals surface area (Å²) in [6, 6.07) is 21.0. The molecular weight excluding hydrogens is 396 g/mol. The quantitative estimate of drug-likeness (QED) is 0.461. The number of carbonyl (C=O) groups excluding carboxylic acids is 1. The topological polar surface area (TPSA) is 68.5 Å². The van der Waals surface area contributed by atoms with Gasteiger partial charge in [-0.2, -0.15) is 0 Å². The summed E-state index contributed by atoms with van der Waals surface area (Å²) < 4.78 is 7.33. The number of aromatic nitrogens is 3. The largest absolute Gasteiger partial charge is 0.412 e. The van der Waals surface area contributed by atoms with E-state index in [1.807, 2.05) is 59.0 Å². The van der Waals surface area contributed by atoms with Crippen LogP contribution in [-0.4, -0.2) is 20.7 Å². The van der Waals surface area contributed by atoms with Gasteiger partial charge < -0.3 is 10.1 Å². The van der Waals surface area contributed by atoms with Crippen LogP contribution in [0.5, 0.6) is 5.75 Å². The lowest BCUT2D eigenvalue weighted by atomic mass is 10.2. The molecule has 6 nitrogen and oxygen atoms in total. The predicted molar refractivity (Wildman–Crippen MR) is 117 cm³/mol. The average Bonchev–Trinajstić information content (AvgIpc) is 3.17. The van der Waals surface area contributed by atoms with Gasteiger partial charge in [0, 0.05) is 28.5 Å². The molecule has 0 unspecified atom stereocenters. The fraction of sp³-hybridized carbons (Fsp3) is 0.174. The van der Waals surface area contributed by atoms with Crippen molar-refractivity contribution in [1.82, 2.24) is 19.9 Å². The molecule has 2 aromatic heterocycles. The first-order valence-electron chi connectivity index (χ1n) is 9.71. The number of nitrogens with zero attached hydrogens (tertiary/aromatic N) is 3. The summed E-state index contributed by atoms with van der Waals surface area (Å²) in [6.07, 6.45) is 1.58. The Hall–Kier alpha value is -3.32. The molecule has 2 aromatic carbocycles. The maximum Gasteiger partial charge on any atom is 0.412 e. The zero-order chi connectivity index (χ0) is 20.9. The SMILES string of the molecule is CC(C)c1nnc2ccc(Sc3ccccc3CNC(=O)Oc3ccccc3)cn12. The Labute approximate surface area is 179 Å². The lowest BCUT2D eigenvalue weighted by molar-refractivity contribution is 0.200. The van der Waals surface area contributed by atoms with Gasteiger partial charge in [-0.05, 0) is 35.9 Å². The van der Waals surface area contributed by atoms with E-state index >= 15 is 0 Å². The number of nitrogens with one attached hydrogen (secondary N) is 1. The van der Waals surface area contributed by atoms with Crippen LogP contribution >= 0.6 is 11.8 Å². The fourth-order valence-corrected chi connectivity index (χ4v) is 3.98. The van der Waals surface area contributed by atoms with Gasteiger partial charge in [0.1, 0.15) is 11.6 Å². The second-order valence-electron chi connectivity index (χ2n) is 7.07. The van der Waals surface area contributed by atoms with Crippen molar-refractivity contribution in [3.63, 3.8) is 0 Å². The number of hydrogen-bond donors (Lipinski definition) is 1. The molecule has 152 valence electrons. The van der Waals surface area contributed by atoms with Crippen molar-refractivity contribution in [2.75, 3.05) is 0 Å². The Kier molecular flexibility index (Phi) is 5.99. The highest BCUT2D eigenvalue weighted by atomic mass is 32.2. The van der Waals surface area contributed by atoms with Gasteiger partial charge in [-0.3, -0.25) is 4.40 Å². The molecule has 30 heavy (non-hydrogen) atoms. The molecular formula is C23H22N4O2S. The van der Waals surface area contributed by atoms with Gasteiger partial charge in [-0.25, -0.2) is 4.79 Å². The molecule has 0 bridgehead atoms. The molecule has 0 atom stereocenters. The molecule has 4 aromatic rings. The summed E-state index contributed by atoms with van der Waals surface area (Å²) in [6.45, 7) is 4.58. The van der Waals surface area contributed by atoms with Crippen LogP contribution in [0.15, 0.2) is 82.7 Å². The molecule has 1 amide bonds. The number of rotatable bonds is 6. The van der Waals surface area contributed by atoms with Gasteiger partial charge in [0.15, 0.2) is 5.65 Å². The highest BCUT2D eigenvalue weighted by Crippen LogP contribution is 2.31. The first-order chi connectivity index (χ1) is 14.6. The normalized spacial score (nSPS) is 11.0. The van der Waals surface area contributed by atoms with Crippen LogP contribution in [0.2, 0.25) is 0 Å². The third-order valence-corrected chi connectivity index (χ3v) is 5.59. The second-order valence-corrected chi connectivity index (χ2v) is 8.19. The minimum atomic E-state index is -0.478. The minimum absolute atomic E-state index is 0.285. The summed E-state index contributed by atoms with van der Waals surface area (Å²) >= 11 is 1.64. The molecule has 0 radical (unpaired) electrons. The fourth-order valence-electron chi connectivity index (χ4n) is 3.02. The molecule has 1 N–H and O–H groups in total. The molecule has 0 aliphatic rings. The molecule has 2 heterocycles. The summed E-state index contributed by atoms with van der Waals surface area (Å²) in [5.74, 6) is 1.74. The van der Waals surface area contributed by atoms with Gasteiger partial charge in [0.25, 0.3) is 0 Å². The average molecular weight is 419 g/mol. The molecule has 7 heteroatoms. The van der Waals surface area contributed by atoms with Crippen LogP contribution in [0.3, 0.4) is 0 Å². The Bertz CT molecular complexity index is 1160. The van der Waals surface area contributed by atoms with Crippen molar-refractivity contribution in [2.45, 2.75) is 36.1 Å². The number of ether oxygens (including phenoxy) is 1. The van der Waals surface area contributed by atoms with E-state index in [9.17, 15) is 4.79 Å². The highest BCUT2D eigenvalue weighted by Gasteiger charge is 2.12. The minimum Gasteiger partial charge on any atom is -0.410 e. The van der Waals surface area contributed by atoms with E-state index in [0.717, 1.165) is 26.8 Å². The Balaban J connectivity index is 1.47. The molecule has 0 fully saturated rings. The first-order valence-corrected chi connectivity index (χ1v) is 10.5. The summed E-state index contributed by atoms with van der Waals surface area (Å²) in [5.41, 5.74) is 1.85. The summed E-state index contributed by atoms with van der Waals surface area (Å²) in [5, 5.41) is 11.3. The van der Waals surface area contributed by atoms with Crippen molar-refractivity contribution in [3.8, 4) is 5.75 Å². The monoisotopic (exact) mass is 418 g/mol. The molecule has 0 saturated carbocycles. The van der Waals surface area contributed by atoms with Crippen LogP contribution < -0.4 is 10.1 Å². The lowest BCUT2D eigenvalue weighted by Gasteiger charge is -2.11. The van der Waals surface area contributed by atoms with Crippen molar-refractivity contribution in [3.05, 3.63) is 84.3 Å². The molecule has 0 spiro atoms. The number of pyridine rings is 1. The maximum absolute atomic E-state index is 12.1. The third-order valence-electron chi connectivity index (χ3n) is 4.50. The van der Waals surface area contributed by atoms with Crippen LogP contribution in [0.4, 0.5) is 4.79 Å². The number of fused-ring (bicyclic) bond motifs is 1. The molecule has 4 rings (SSSR count). The Morgan fingerprint density at radius 1 is 1.03 bits per heavy atom. The van der Waals surface area contributed by atoms with Crippen LogP contribution in [0.25, 0.3) is 5.65 Å². The van der Waals surface area contributed by atoms with Gasteiger partial charge in [0.2, 0.25) is 0 Å². The van der Waals surface area contributed by atoms with Gasteiger partial charge >= 0.3 is 6.09 Å². The van der Waals surface area contributed by atoms with E-state index < -0.39 is 6.09 Å². The van der Waals surface area contributed by atoms with E-state index in [2.05, 4.69) is 35.6 Å². The maximum atomic E-state index is 12.1. The van der Waals surface area contributed by atoms with Crippen molar-refractivity contribution < 1.29 is 9.53 Å². The lowest BCUT2D eigenvalue weighted by Crippen LogP contribution is -2.26. The van der Waals surface area contributed by atoms with E-state index in [-0.39, 0.29) is 5.92 Å².